The van der Waals surface area contributed by atoms with Crippen LogP contribution in [0.4, 0.5) is 0 Å². The van der Waals surface area contributed by atoms with Gasteiger partial charge in [0.2, 0.25) is 5.72 Å². The van der Waals surface area contributed by atoms with Crippen LogP contribution >= 0.6 is 0 Å². The fourth-order valence-corrected chi connectivity index (χ4v) is 3.39. The van der Waals surface area contributed by atoms with Crippen molar-refractivity contribution in [2.24, 2.45) is 0 Å². The minimum absolute atomic E-state index is 0. The number of hydrogen-bond donors (Lipinski definition) is 0. The van der Waals surface area contributed by atoms with Gasteiger partial charge in [-0.3, -0.25) is 4.48 Å². The summed E-state index contributed by atoms with van der Waals surface area (Å²) in [5.41, 5.74) is 0.122. The van der Waals surface area contributed by atoms with Gasteiger partial charge in [-0.2, -0.15) is 0 Å². The molecule has 2 nitrogen and oxygen atoms in total. The van der Waals surface area contributed by atoms with Crippen LogP contribution in [0.25, 0.3) is 0 Å². The van der Waals surface area contributed by atoms with E-state index in [1.807, 2.05) is 0 Å². The molecule has 1 rings (SSSR count). The molecular formula is C21H44ClNO. The van der Waals surface area contributed by atoms with Gasteiger partial charge in [0.25, 0.3) is 0 Å². The van der Waals surface area contributed by atoms with E-state index in [0.717, 1.165) is 11.1 Å². The zero-order valence-electron chi connectivity index (χ0n) is 17.0. The van der Waals surface area contributed by atoms with Gasteiger partial charge < -0.3 is 17.1 Å². The smallest absolute Gasteiger partial charge is 0.224 e. The Kier molecular flexibility index (Phi) is 13.5. The number of ether oxygens (including phenoxy) is 1. The van der Waals surface area contributed by atoms with Gasteiger partial charge in [-0.25, -0.2) is 0 Å². The number of epoxide rings is 1. The molecule has 0 saturated carbocycles. The van der Waals surface area contributed by atoms with Crippen LogP contribution in [0.1, 0.15) is 104 Å². The van der Waals surface area contributed by atoms with Gasteiger partial charge in [-0.1, -0.05) is 84.0 Å². The molecule has 0 aromatic carbocycles. The van der Waals surface area contributed by atoms with Crippen molar-refractivity contribution in [2.75, 3.05) is 27.2 Å². The molecule has 146 valence electrons. The highest BCUT2D eigenvalue weighted by atomic mass is 35.5. The van der Waals surface area contributed by atoms with Gasteiger partial charge in [0.15, 0.2) is 0 Å². The fourth-order valence-electron chi connectivity index (χ4n) is 3.39. The first-order chi connectivity index (χ1) is 11.0. The Balaban J connectivity index is 0.00000529. The van der Waals surface area contributed by atoms with Crippen LogP contribution in [0.5, 0.6) is 0 Å². The lowest BCUT2D eigenvalue weighted by Crippen LogP contribution is -3.00. The monoisotopic (exact) mass is 361 g/mol. The number of hydrogen-bond acceptors (Lipinski definition) is 1. The van der Waals surface area contributed by atoms with Gasteiger partial charge in [0.05, 0.1) is 20.6 Å². The number of unbranched alkanes of at least 4 members (excludes halogenated alkanes) is 13. The van der Waals surface area contributed by atoms with Crippen molar-refractivity contribution in [3.63, 3.8) is 0 Å². The highest BCUT2D eigenvalue weighted by Gasteiger charge is 2.53. The number of nitrogens with zero attached hydrogens (tertiary/aromatic N) is 1. The molecule has 0 bridgehead atoms. The second-order valence-corrected chi connectivity index (χ2v) is 8.47. The van der Waals surface area contributed by atoms with E-state index in [4.69, 9.17) is 4.74 Å². The Labute approximate surface area is 158 Å². The third-order valence-corrected chi connectivity index (χ3v) is 5.91. The van der Waals surface area contributed by atoms with E-state index in [1.54, 1.807) is 0 Å². The first kappa shape index (κ1) is 24.2. The fraction of sp³-hybridized carbons (Fsp3) is 1.00. The summed E-state index contributed by atoms with van der Waals surface area (Å²) in [4.78, 5) is 0. The van der Waals surface area contributed by atoms with Crippen molar-refractivity contribution in [1.82, 2.24) is 0 Å². The average molecular weight is 362 g/mol. The summed E-state index contributed by atoms with van der Waals surface area (Å²) in [7, 11) is 4.63. The summed E-state index contributed by atoms with van der Waals surface area (Å²) >= 11 is 0. The molecule has 0 aromatic heterocycles. The van der Waals surface area contributed by atoms with Crippen molar-refractivity contribution < 1.29 is 21.6 Å². The van der Waals surface area contributed by atoms with E-state index in [-0.39, 0.29) is 18.1 Å². The third-order valence-electron chi connectivity index (χ3n) is 5.91. The number of likely N-dealkylation sites (N-methyl/N-ethyl adjacent to an activating group) is 1. The Morgan fingerprint density at radius 1 is 0.708 bits per heavy atom. The third kappa shape index (κ3) is 10.3. The van der Waals surface area contributed by atoms with Crippen molar-refractivity contribution in [3.05, 3.63) is 0 Å². The van der Waals surface area contributed by atoms with Gasteiger partial charge >= 0.3 is 0 Å². The maximum atomic E-state index is 5.60. The van der Waals surface area contributed by atoms with Crippen LogP contribution < -0.4 is 12.4 Å². The molecule has 1 saturated heterocycles. The number of quaternary nitrogens is 1. The van der Waals surface area contributed by atoms with Crippen LogP contribution in [0, 0.1) is 0 Å². The molecule has 0 radical (unpaired) electrons. The van der Waals surface area contributed by atoms with Crippen LogP contribution in [-0.4, -0.2) is 37.5 Å². The first-order valence-electron chi connectivity index (χ1n) is 10.5. The molecule has 0 aromatic rings. The van der Waals surface area contributed by atoms with Crippen molar-refractivity contribution in [1.29, 1.82) is 0 Å². The molecule has 24 heavy (non-hydrogen) atoms. The normalized spacial score (nSPS) is 20.0. The Morgan fingerprint density at radius 2 is 1.04 bits per heavy atom. The lowest BCUT2D eigenvalue weighted by molar-refractivity contribution is -0.935. The summed E-state index contributed by atoms with van der Waals surface area (Å²) in [6.07, 6.45) is 20.1. The lowest BCUT2D eigenvalue weighted by atomic mass is 10.0. The van der Waals surface area contributed by atoms with E-state index >= 15 is 0 Å². The summed E-state index contributed by atoms with van der Waals surface area (Å²) in [5, 5.41) is 0. The largest absolute Gasteiger partial charge is 1.00 e. The van der Waals surface area contributed by atoms with Crippen LogP contribution in [-0.2, 0) is 4.74 Å². The van der Waals surface area contributed by atoms with E-state index in [9.17, 15) is 0 Å². The number of rotatable bonds is 16. The zero-order chi connectivity index (χ0) is 17.0. The summed E-state index contributed by atoms with van der Waals surface area (Å²) in [6.45, 7) is 6.74. The predicted octanol–water partition coefficient (Wildman–Crippen LogP) is 3.29. The predicted molar refractivity (Wildman–Crippen MR) is 102 cm³/mol. The topological polar surface area (TPSA) is 12.5 Å². The summed E-state index contributed by atoms with van der Waals surface area (Å²) in [5.74, 6) is 0. The molecule has 1 heterocycles. The molecule has 0 spiro atoms. The Morgan fingerprint density at radius 3 is 1.38 bits per heavy atom. The van der Waals surface area contributed by atoms with Gasteiger partial charge in [-0.15, -0.1) is 0 Å². The minimum Gasteiger partial charge on any atom is -1.00 e. The Hall–Kier alpha value is 0.210. The lowest BCUT2D eigenvalue weighted by Gasteiger charge is -2.33. The van der Waals surface area contributed by atoms with Crippen LogP contribution in [0.3, 0.4) is 0 Å². The second-order valence-electron chi connectivity index (χ2n) is 8.47. The van der Waals surface area contributed by atoms with Crippen molar-refractivity contribution in [3.8, 4) is 0 Å². The SMILES string of the molecule is CCCCCCCCCCCCCCCC[N+](C)(C)C1(C)CO1.[Cl-]. The van der Waals surface area contributed by atoms with Crippen molar-refractivity contribution >= 4 is 0 Å². The number of halogens is 1. The highest BCUT2D eigenvalue weighted by Crippen LogP contribution is 2.35. The summed E-state index contributed by atoms with van der Waals surface area (Å²) < 4.78 is 6.64. The maximum absolute atomic E-state index is 5.60. The maximum Gasteiger partial charge on any atom is 0.224 e. The molecule has 3 heteroatoms. The average Bonchev–Trinajstić information content (AvgIpc) is 3.27. The quantitative estimate of drug-likeness (QED) is 0.233. The van der Waals surface area contributed by atoms with E-state index < -0.39 is 0 Å². The Bertz CT molecular complexity index is 290. The van der Waals surface area contributed by atoms with E-state index in [2.05, 4.69) is 27.9 Å². The molecule has 1 atom stereocenters. The van der Waals surface area contributed by atoms with Crippen LogP contribution in [0.2, 0.25) is 0 Å². The van der Waals surface area contributed by atoms with Gasteiger partial charge in [-0.05, 0) is 12.8 Å². The van der Waals surface area contributed by atoms with Gasteiger partial charge in [0, 0.05) is 6.92 Å². The highest BCUT2D eigenvalue weighted by molar-refractivity contribution is 4.75. The second kappa shape index (κ2) is 13.4. The molecule has 1 aliphatic rings. The minimum atomic E-state index is 0. The molecule has 0 N–H and O–H groups in total. The van der Waals surface area contributed by atoms with Gasteiger partial charge in [0.1, 0.15) is 6.61 Å². The summed E-state index contributed by atoms with van der Waals surface area (Å²) in [6, 6.07) is 0. The van der Waals surface area contributed by atoms with Crippen molar-refractivity contribution in [2.45, 2.75) is 109 Å². The molecule has 0 aliphatic carbocycles. The molecule has 1 fully saturated rings. The van der Waals surface area contributed by atoms with Crippen LogP contribution in [0.15, 0.2) is 0 Å². The zero-order valence-corrected chi connectivity index (χ0v) is 17.8. The molecular weight excluding hydrogens is 318 g/mol. The van der Waals surface area contributed by atoms with E-state index in [0.29, 0.717) is 0 Å². The molecule has 0 amide bonds. The molecule has 1 unspecified atom stereocenters. The first-order valence-corrected chi connectivity index (χ1v) is 10.5. The van der Waals surface area contributed by atoms with E-state index in [1.165, 1.54) is 96.4 Å². The molecule has 1 aliphatic heterocycles. The standard InChI is InChI=1S/C21H44NO.ClH/c1-5-6-7-8-9-10-11-12-13-14-15-16-17-18-19-22(3,4)21(2)20-23-21;/h5-20H2,1-4H3;1H/q+1;/p-1.